The SMILES string of the molecule is CC(=O)OCC1OC(N2C(=O)C(=C(C)c3ccncc3)SC2=S)C(OC(C)=O)C(OC(C)=O)C1OC(C)=O. The van der Waals surface area contributed by atoms with Crippen molar-refractivity contribution in [3.63, 3.8) is 0 Å². The van der Waals surface area contributed by atoms with E-state index in [1.165, 1.54) is 6.92 Å². The van der Waals surface area contributed by atoms with Gasteiger partial charge in [-0.05, 0) is 30.2 Å². The van der Waals surface area contributed by atoms with E-state index in [1.807, 2.05) is 0 Å². The minimum absolute atomic E-state index is 0.0827. The Morgan fingerprint density at radius 2 is 1.47 bits per heavy atom. The Bertz CT molecular complexity index is 1170. The summed E-state index contributed by atoms with van der Waals surface area (Å²) in [6.07, 6.45) is -3.67. The molecule has 3 heterocycles. The number of aromatic nitrogens is 1. The summed E-state index contributed by atoms with van der Waals surface area (Å²) in [6.45, 7) is 5.84. The van der Waals surface area contributed by atoms with E-state index >= 15 is 0 Å². The Morgan fingerprint density at radius 3 is 2.03 bits per heavy atom. The number of ether oxygens (including phenoxy) is 5. The third-order valence-corrected chi connectivity index (χ3v) is 6.98. The van der Waals surface area contributed by atoms with Crippen molar-refractivity contribution < 1.29 is 47.7 Å². The Hall–Kier alpha value is -3.36. The molecule has 0 spiro atoms. The number of thiocarbonyl (C=S) groups is 1. The van der Waals surface area contributed by atoms with Crippen molar-refractivity contribution >= 4 is 63.7 Å². The van der Waals surface area contributed by atoms with Crippen molar-refractivity contribution in [1.82, 2.24) is 9.88 Å². The van der Waals surface area contributed by atoms with Gasteiger partial charge in [0.25, 0.3) is 5.91 Å². The van der Waals surface area contributed by atoms with Gasteiger partial charge in [0.1, 0.15) is 12.7 Å². The fourth-order valence-corrected chi connectivity index (χ4v) is 5.33. The first-order valence-electron chi connectivity index (χ1n) is 11.4. The van der Waals surface area contributed by atoms with E-state index in [1.54, 1.807) is 31.5 Å². The van der Waals surface area contributed by atoms with E-state index < -0.39 is 67.0 Å². The van der Waals surface area contributed by atoms with Crippen LogP contribution in [0.1, 0.15) is 40.2 Å². The zero-order valence-electron chi connectivity index (χ0n) is 21.2. The maximum Gasteiger partial charge on any atom is 0.303 e. The lowest BCUT2D eigenvalue weighted by molar-refractivity contribution is -0.268. The van der Waals surface area contributed by atoms with Crippen molar-refractivity contribution in [3.05, 3.63) is 35.0 Å². The number of amides is 1. The van der Waals surface area contributed by atoms with Gasteiger partial charge in [-0.15, -0.1) is 0 Å². The molecular formula is C24H26N2O10S2. The minimum atomic E-state index is -1.45. The second kappa shape index (κ2) is 12.5. The van der Waals surface area contributed by atoms with Gasteiger partial charge in [0.05, 0.1) is 4.91 Å². The van der Waals surface area contributed by atoms with Crippen LogP contribution in [0.3, 0.4) is 0 Å². The van der Waals surface area contributed by atoms with Gasteiger partial charge in [0.2, 0.25) is 0 Å². The minimum Gasteiger partial charge on any atom is -0.463 e. The predicted octanol–water partition coefficient (Wildman–Crippen LogP) is 1.76. The molecule has 12 nitrogen and oxygen atoms in total. The first-order chi connectivity index (χ1) is 17.9. The molecule has 204 valence electrons. The molecule has 2 aliphatic heterocycles. The molecule has 1 aromatic heterocycles. The molecule has 2 aliphatic rings. The zero-order chi connectivity index (χ0) is 28.1. The molecule has 14 heteroatoms. The average Bonchev–Trinajstić information content (AvgIpc) is 3.13. The molecule has 38 heavy (non-hydrogen) atoms. The quantitative estimate of drug-likeness (QED) is 0.204. The summed E-state index contributed by atoms with van der Waals surface area (Å²) in [5, 5.41) is 0. The summed E-state index contributed by atoms with van der Waals surface area (Å²) in [7, 11) is 0. The van der Waals surface area contributed by atoms with E-state index in [0.29, 0.717) is 10.5 Å². The largest absolute Gasteiger partial charge is 0.463 e. The number of carbonyl (C=O) groups is 5. The topological polar surface area (TPSA) is 148 Å². The van der Waals surface area contributed by atoms with Crippen molar-refractivity contribution in [3.8, 4) is 0 Å². The van der Waals surface area contributed by atoms with Gasteiger partial charge >= 0.3 is 23.9 Å². The molecule has 0 aliphatic carbocycles. The highest BCUT2D eigenvalue weighted by atomic mass is 32.2. The van der Waals surface area contributed by atoms with Gasteiger partial charge in [0, 0.05) is 40.1 Å². The van der Waals surface area contributed by atoms with E-state index in [-0.39, 0.29) is 4.32 Å². The van der Waals surface area contributed by atoms with Crippen LogP contribution in [0.2, 0.25) is 0 Å². The van der Waals surface area contributed by atoms with Crippen molar-refractivity contribution in [2.45, 2.75) is 65.3 Å². The number of pyridine rings is 1. The van der Waals surface area contributed by atoms with Crippen molar-refractivity contribution in [2.75, 3.05) is 6.61 Å². The van der Waals surface area contributed by atoms with E-state index in [0.717, 1.165) is 43.0 Å². The van der Waals surface area contributed by atoms with Crippen LogP contribution >= 0.6 is 24.0 Å². The highest BCUT2D eigenvalue weighted by Gasteiger charge is 2.56. The van der Waals surface area contributed by atoms with Gasteiger partial charge in [-0.25, -0.2) is 0 Å². The van der Waals surface area contributed by atoms with Crippen LogP contribution in [0.4, 0.5) is 0 Å². The lowest BCUT2D eigenvalue weighted by Gasteiger charge is -2.46. The molecule has 0 N–H and O–H groups in total. The fourth-order valence-electron chi connectivity index (χ4n) is 3.98. The molecule has 3 rings (SSSR count). The smallest absolute Gasteiger partial charge is 0.303 e. The molecular weight excluding hydrogens is 540 g/mol. The van der Waals surface area contributed by atoms with Gasteiger partial charge in [-0.2, -0.15) is 0 Å². The number of hydrogen-bond donors (Lipinski definition) is 0. The number of hydrogen-bond acceptors (Lipinski definition) is 13. The Balaban J connectivity index is 2.09. The normalized spacial score (nSPS) is 26.4. The lowest BCUT2D eigenvalue weighted by Crippen LogP contribution is -2.66. The predicted molar refractivity (Wildman–Crippen MR) is 136 cm³/mol. The third kappa shape index (κ3) is 6.74. The molecule has 5 unspecified atom stereocenters. The molecule has 2 fully saturated rings. The molecule has 0 aromatic carbocycles. The van der Waals surface area contributed by atoms with Gasteiger partial charge in [-0.3, -0.25) is 33.9 Å². The number of esters is 4. The summed E-state index contributed by atoms with van der Waals surface area (Å²) in [4.78, 5) is 66.7. The summed E-state index contributed by atoms with van der Waals surface area (Å²) in [6, 6.07) is 3.46. The van der Waals surface area contributed by atoms with Crippen LogP contribution in [0, 0.1) is 0 Å². The maximum atomic E-state index is 13.7. The molecule has 2 saturated heterocycles. The number of allylic oxidation sites excluding steroid dienone is 1. The van der Waals surface area contributed by atoms with Crippen molar-refractivity contribution in [1.29, 1.82) is 0 Å². The second-order valence-corrected chi connectivity index (χ2v) is 9.97. The lowest BCUT2D eigenvalue weighted by atomic mass is 9.96. The second-order valence-electron chi connectivity index (χ2n) is 8.32. The van der Waals surface area contributed by atoms with E-state index in [2.05, 4.69) is 4.98 Å². The van der Waals surface area contributed by atoms with Gasteiger partial charge in [0.15, 0.2) is 28.9 Å². The summed E-state index contributed by atoms with van der Waals surface area (Å²) in [5.74, 6) is -3.52. The summed E-state index contributed by atoms with van der Waals surface area (Å²) < 4.78 is 27.5. The molecule has 0 bridgehead atoms. The summed E-state index contributed by atoms with van der Waals surface area (Å²) in [5.41, 5.74) is 1.36. The van der Waals surface area contributed by atoms with E-state index in [9.17, 15) is 24.0 Å². The van der Waals surface area contributed by atoms with Gasteiger partial charge in [-0.1, -0.05) is 24.0 Å². The maximum absolute atomic E-state index is 13.7. The van der Waals surface area contributed by atoms with Crippen LogP contribution in [-0.4, -0.2) is 81.2 Å². The molecule has 1 aromatic rings. The Morgan fingerprint density at radius 1 is 0.921 bits per heavy atom. The number of carbonyl (C=O) groups excluding carboxylic acids is 5. The van der Waals surface area contributed by atoms with Gasteiger partial charge < -0.3 is 23.7 Å². The monoisotopic (exact) mass is 566 g/mol. The first kappa shape index (κ1) is 29.2. The number of rotatable bonds is 7. The van der Waals surface area contributed by atoms with Crippen LogP contribution < -0.4 is 0 Å². The molecule has 5 atom stereocenters. The van der Waals surface area contributed by atoms with Crippen molar-refractivity contribution in [2.24, 2.45) is 0 Å². The molecule has 0 radical (unpaired) electrons. The number of nitrogens with zero attached hydrogens (tertiary/aromatic N) is 2. The Kier molecular flexibility index (Phi) is 9.57. The van der Waals surface area contributed by atoms with Crippen LogP contribution in [0.15, 0.2) is 29.4 Å². The highest BCUT2D eigenvalue weighted by molar-refractivity contribution is 8.26. The van der Waals surface area contributed by atoms with Crippen LogP contribution in [-0.2, 0) is 47.7 Å². The van der Waals surface area contributed by atoms with E-state index in [4.69, 9.17) is 35.9 Å². The first-order valence-corrected chi connectivity index (χ1v) is 12.6. The van der Waals surface area contributed by atoms with Crippen LogP contribution in [0.5, 0.6) is 0 Å². The zero-order valence-corrected chi connectivity index (χ0v) is 22.8. The third-order valence-electron chi connectivity index (χ3n) is 5.47. The standard InChI is InChI=1S/C24H26N2O10S2/c1-11(16-6-8-25-9-7-16)21-22(31)26(24(37)38-21)23-20(35-15(5)30)19(34-14(4)29)18(33-13(3)28)17(36-23)10-32-12(2)27/h6-9,17-20,23H,10H2,1-5H3. The number of thioether (sulfide) groups is 1. The average molecular weight is 567 g/mol. The Labute approximate surface area is 228 Å². The molecule has 0 saturated carbocycles. The summed E-state index contributed by atoms with van der Waals surface area (Å²) >= 11 is 6.52. The fraction of sp³-hybridized carbons (Fsp3) is 0.458. The van der Waals surface area contributed by atoms with Crippen LogP contribution in [0.25, 0.3) is 5.57 Å². The highest BCUT2D eigenvalue weighted by Crippen LogP contribution is 2.41. The molecule has 1 amide bonds.